The van der Waals surface area contributed by atoms with E-state index in [1.807, 2.05) is 30.4 Å². The number of imidazole rings is 1. The maximum Gasteiger partial charge on any atom is 0.158 e. The molecule has 0 spiro atoms. The van der Waals surface area contributed by atoms with Gasteiger partial charge in [0.1, 0.15) is 11.3 Å². The summed E-state index contributed by atoms with van der Waals surface area (Å²) in [6.07, 6.45) is 4.14. The fourth-order valence-electron chi connectivity index (χ4n) is 2.59. The van der Waals surface area contributed by atoms with Gasteiger partial charge in [-0.2, -0.15) is 16.9 Å². The van der Waals surface area contributed by atoms with Gasteiger partial charge in [0.15, 0.2) is 5.65 Å². The van der Waals surface area contributed by atoms with Gasteiger partial charge in [0.2, 0.25) is 0 Å². The molecular weight excluding hydrogens is 292 g/mol. The van der Waals surface area contributed by atoms with E-state index in [4.69, 9.17) is 16.6 Å². The molecule has 2 heterocycles. The molecule has 0 aromatic carbocycles. The second-order valence-electron chi connectivity index (χ2n) is 5.18. The van der Waals surface area contributed by atoms with Gasteiger partial charge in [-0.15, -0.1) is 11.6 Å². The third kappa shape index (κ3) is 2.70. The van der Waals surface area contributed by atoms with Crippen molar-refractivity contribution in [1.29, 1.82) is 0 Å². The Kier molecular flexibility index (Phi) is 5.02. The summed E-state index contributed by atoms with van der Waals surface area (Å²) < 4.78 is 4.22. The minimum atomic E-state index is -0.0937. The Hall–Kier alpha value is -0.680. The minimum absolute atomic E-state index is 0.0937. The van der Waals surface area contributed by atoms with Gasteiger partial charge in [-0.25, -0.2) is 4.98 Å². The van der Waals surface area contributed by atoms with E-state index in [1.54, 1.807) is 0 Å². The molecule has 2 atom stereocenters. The first-order chi connectivity index (χ1) is 9.51. The molecule has 0 bridgehead atoms. The third-order valence-electron chi connectivity index (χ3n) is 3.63. The Morgan fingerprint density at radius 1 is 1.35 bits per heavy atom. The topological polar surface area (TPSA) is 35.6 Å². The summed E-state index contributed by atoms with van der Waals surface area (Å²) >= 11 is 8.22. The lowest BCUT2D eigenvalue weighted by Gasteiger charge is -2.18. The minimum Gasteiger partial charge on any atom is -0.309 e. The number of halogens is 1. The molecule has 0 fully saturated rings. The highest BCUT2D eigenvalue weighted by molar-refractivity contribution is 7.98. The summed E-state index contributed by atoms with van der Waals surface area (Å²) in [6, 6.07) is 0.378. The van der Waals surface area contributed by atoms with Gasteiger partial charge in [-0.05, 0) is 38.7 Å². The first kappa shape index (κ1) is 15.7. The fourth-order valence-corrected chi connectivity index (χ4v) is 3.32. The Bertz CT molecular complexity index is 588. The molecule has 0 saturated heterocycles. The number of fused-ring (bicyclic) bond motifs is 1. The molecular formula is C14H23ClN4S. The van der Waals surface area contributed by atoms with Crippen LogP contribution in [0.1, 0.15) is 50.1 Å². The van der Waals surface area contributed by atoms with Crippen molar-refractivity contribution >= 4 is 34.5 Å². The number of hydrogen-bond donors (Lipinski definition) is 0. The van der Waals surface area contributed by atoms with Crippen LogP contribution in [0.15, 0.2) is 0 Å². The summed E-state index contributed by atoms with van der Waals surface area (Å²) in [4.78, 5) is 4.77. The SMILES string of the molecule is CCc1nn(C)c2c1nc(C(C)Cl)n2C(C)CCSC. The van der Waals surface area contributed by atoms with Crippen LogP contribution in [-0.4, -0.2) is 31.3 Å². The molecule has 4 nitrogen and oxygen atoms in total. The first-order valence-corrected chi connectivity index (χ1v) is 8.90. The quantitative estimate of drug-likeness (QED) is 0.757. The summed E-state index contributed by atoms with van der Waals surface area (Å²) in [5, 5.41) is 4.48. The summed E-state index contributed by atoms with van der Waals surface area (Å²) in [7, 11) is 1.99. The molecule has 2 rings (SSSR count). The summed E-state index contributed by atoms with van der Waals surface area (Å²) in [5.74, 6) is 2.09. The lowest BCUT2D eigenvalue weighted by Crippen LogP contribution is -2.13. The van der Waals surface area contributed by atoms with Gasteiger partial charge in [-0.3, -0.25) is 4.68 Å². The number of hydrogen-bond acceptors (Lipinski definition) is 3. The first-order valence-electron chi connectivity index (χ1n) is 7.07. The van der Waals surface area contributed by atoms with Crippen LogP contribution in [0, 0.1) is 0 Å². The van der Waals surface area contributed by atoms with Crippen LogP contribution in [0.5, 0.6) is 0 Å². The van der Waals surface area contributed by atoms with Gasteiger partial charge >= 0.3 is 0 Å². The molecule has 0 radical (unpaired) electrons. The molecule has 0 N–H and O–H groups in total. The molecule has 2 aromatic heterocycles. The molecule has 0 aliphatic carbocycles. The number of rotatable bonds is 6. The van der Waals surface area contributed by atoms with Gasteiger partial charge in [0.25, 0.3) is 0 Å². The molecule has 0 saturated carbocycles. The fraction of sp³-hybridized carbons (Fsp3) is 0.714. The maximum atomic E-state index is 6.34. The van der Waals surface area contributed by atoms with E-state index in [0.29, 0.717) is 6.04 Å². The van der Waals surface area contributed by atoms with Crippen molar-refractivity contribution < 1.29 is 0 Å². The van der Waals surface area contributed by atoms with Crippen molar-refractivity contribution in [3.05, 3.63) is 11.5 Å². The highest BCUT2D eigenvalue weighted by Crippen LogP contribution is 2.31. The number of aryl methyl sites for hydroxylation is 2. The molecule has 6 heteroatoms. The second kappa shape index (κ2) is 6.39. The van der Waals surface area contributed by atoms with Crippen LogP contribution in [0.25, 0.3) is 11.2 Å². The number of nitrogens with zero attached hydrogens (tertiary/aromatic N) is 4. The average Bonchev–Trinajstić information content (AvgIpc) is 2.94. The highest BCUT2D eigenvalue weighted by atomic mass is 35.5. The lowest BCUT2D eigenvalue weighted by atomic mass is 10.2. The molecule has 0 aliphatic heterocycles. The Morgan fingerprint density at radius 2 is 2.05 bits per heavy atom. The van der Waals surface area contributed by atoms with E-state index < -0.39 is 0 Å². The normalized spacial score (nSPS) is 14.9. The Morgan fingerprint density at radius 3 is 2.60 bits per heavy atom. The van der Waals surface area contributed by atoms with Crippen LogP contribution < -0.4 is 0 Å². The smallest absolute Gasteiger partial charge is 0.158 e. The van der Waals surface area contributed by atoms with Gasteiger partial charge < -0.3 is 4.57 Å². The van der Waals surface area contributed by atoms with E-state index >= 15 is 0 Å². The predicted octanol–water partition coefficient (Wildman–Crippen LogP) is 3.95. The maximum absolute atomic E-state index is 6.34. The predicted molar refractivity (Wildman–Crippen MR) is 87.9 cm³/mol. The summed E-state index contributed by atoms with van der Waals surface area (Å²) in [5.41, 5.74) is 3.16. The van der Waals surface area contributed by atoms with E-state index in [9.17, 15) is 0 Å². The molecule has 20 heavy (non-hydrogen) atoms. The zero-order chi connectivity index (χ0) is 14.9. The molecule has 2 aromatic rings. The summed E-state index contributed by atoms with van der Waals surface area (Å²) in [6.45, 7) is 6.33. The van der Waals surface area contributed by atoms with Crippen molar-refractivity contribution in [1.82, 2.24) is 19.3 Å². The van der Waals surface area contributed by atoms with Crippen LogP contribution in [0.3, 0.4) is 0 Å². The standard InChI is InChI=1S/C14H23ClN4S/c1-6-11-12-14(18(4)17-11)19(9(2)7-8-20-5)13(16-12)10(3)15/h9-10H,6-8H2,1-5H3. The van der Waals surface area contributed by atoms with Crippen LogP contribution in [0.2, 0.25) is 0 Å². The molecule has 0 amide bonds. The van der Waals surface area contributed by atoms with Crippen molar-refractivity contribution in [2.45, 2.75) is 45.0 Å². The van der Waals surface area contributed by atoms with E-state index in [2.05, 4.69) is 29.8 Å². The van der Waals surface area contributed by atoms with E-state index in [1.165, 1.54) is 0 Å². The van der Waals surface area contributed by atoms with Crippen LogP contribution >= 0.6 is 23.4 Å². The molecule has 0 aliphatic rings. The number of alkyl halides is 1. The monoisotopic (exact) mass is 314 g/mol. The lowest BCUT2D eigenvalue weighted by molar-refractivity contribution is 0.513. The zero-order valence-electron chi connectivity index (χ0n) is 12.9. The molecule has 112 valence electrons. The highest BCUT2D eigenvalue weighted by Gasteiger charge is 2.23. The van der Waals surface area contributed by atoms with Crippen molar-refractivity contribution in [2.24, 2.45) is 7.05 Å². The van der Waals surface area contributed by atoms with Crippen LogP contribution in [0.4, 0.5) is 0 Å². The number of thioether (sulfide) groups is 1. The van der Waals surface area contributed by atoms with E-state index in [-0.39, 0.29) is 5.38 Å². The largest absolute Gasteiger partial charge is 0.309 e. The second-order valence-corrected chi connectivity index (χ2v) is 6.82. The number of aromatic nitrogens is 4. The van der Waals surface area contributed by atoms with Gasteiger partial charge in [0, 0.05) is 13.1 Å². The Balaban J connectivity index is 2.59. The average molecular weight is 315 g/mol. The third-order valence-corrected chi connectivity index (χ3v) is 4.47. The van der Waals surface area contributed by atoms with Crippen molar-refractivity contribution in [3.63, 3.8) is 0 Å². The van der Waals surface area contributed by atoms with Gasteiger partial charge in [0.05, 0.1) is 11.1 Å². The Labute approximate surface area is 129 Å². The molecule has 2 unspecified atom stereocenters. The van der Waals surface area contributed by atoms with Crippen molar-refractivity contribution in [2.75, 3.05) is 12.0 Å². The van der Waals surface area contributed by atoms with Gasteiger partial charge in [-0.1, -0.05) is 6.92 Å². The van der Waals surface area contributed by atoms with Crippen molar-refractivity contribution in [3.8, 4) is 0 Å². The van der Waals surface area contributed by atoms with Crippen LogP contribution in [-0.2, 0) is 13.5 Å². The zero-order valence-corrected chi connectivity index (χ0v) is 14.4. The van der Waals surface area contributed by atoms with E-state index in [0.717, 1.165) is 41.3 Å².